The third kappa shape index (κ3) is 4.30. The lowest BCUT2D eigenvalue weighted by Crippen LogP contribution is -2.46. The number of halogens is 1. The first-order valence-electron chi connectivity index (χ1n) is 8.25. The highest BCUT2D eigenvalue weighted by Crippen LogP contribution is 2.19. The van der Waals surface area contributed by atoms with Crippen molar-refractivity contribution >= 4 is 17.5 Å². The van der Waals surface area contributed by atoms with Gasteiger partial charge in [0.05, 0.1) is 5.02 Å². The van der Waals surface area contributed by atoms with Gasteiger partial charge in [-0.1, -0.05) is 48.4 Å². The second kappa shape index (κ2) is 8.22. The molecule has 3 rings (SSSR count). The van der Waals surface area contributed by atoms with E-state index in [1.54, 1.807) is 0 Å². The quantitative estimate of drug-likeness (QED) is 0.906. The molecule has 0 radical (unpaired) electrons. The standard InChI is InChI=1S/C18H21ClN4O/c19-16-11-20-13-22-17(16)18(24)21-10-15-8-4-5-9-23(15)12-14-6-2-1-3-7-14/h1-3,6-7,11,13,15H,4-5,8-10,12H2,(H,21,24). The molecule has 0 spiro atoms. The lowest BCUT2D eigenvalue weighted by molar-refractivity contribution is 0.0903. The predicted octanol–water partition coefficient (Wildman–Crippen LogP) is 2.91. The van der Waals surface area contributed by atoms with Crippen molar-refractivity contribution in [1.82, 2.24) is 20.2 Å². The molecule has 1 unspecified atom stereocenters. The second-order valence-corrected chi connectivity index (χ2v) is 6.44. The topological polar surface area (TPSA) is 58.1 Å². The average molecular weight is 345 g/mol. The molecule has 0 bridgehead atoms. The fraction of sp³-hybridized carbons (Fsp3) is 0.389. The van der Waals surface area contributed by atoms with E-state index < -0.39 is 0 Å². The van der Waals surface area contributed by atoms with E-state index in [0.29, 0.717) is 12.6 Å². The highest BCUT2D eigenvalue weighted by Gasteiger charge is 2.23. The molecule has 1 fully saturated rings. The highest BCUT2D eigenvalue weighted by atomic mass is 35.5. The van der Waals surface area contributed by atoms with Gasteiger partial charge in [-0.25, -0.2) is 9.97 Å². The molecule has 126 valence electrons. The summed E-state index contributed by atoms with van der Waals surface area (Å²) >= 11 is 5.98. The van der Waals surface area contributed by atoms with Crippen LogP contribution in [0.3, 0.4) is 0 Å². The molecule has 2 heterocycles. The summed E-state index contributed by atoms with van der Waals surface area (Å²) in [5.74, 6) is -0.243. The summed E-state index contributed by atoms with van der Waals surface area (Å²) in [4.78, 5) is 22.5. The van der Waals surface area contributed by atoms with Crippen molar-refractivity contribution in [1.29, 1.82) is 0 Å². The Labute approximate surface area is 147 Å². The van der Waals surface area contributed by atoms with Gasteiger partial charge in [-0.15, -0.1) is 0 Å². The highest BCUT2D eigenvalue weighted by molar-refractivity contribution is 6.33. The number of benzene rings is 1. The Morgan fingerprint density at radius 2 is 2.12 bits per heavy atom. The maximum Gasteiger partial charge on any atom is 0.271 e. The number of carbonyl (C=O) groups is 1. The van der Waals surface area contributed by atoms with Gasteiger partial charge in [0, 0.05) is 25.3 Å². The summed E-state index contributed by atoms with van der Waals surface area (Å²) in [7, 11) is 0. The molecular weight excluding hydrogens is 324 g/mol. The van der Waals surface area contributed by atoms with E-state index in [0.717, 1.165) is 19.5 Å². The smallest absolute Gasteiger partial charge is 0.271 e. The molecule has 0 saturated carbocycles. The van der Waals surface area contributed by atoms with Crippen LogP contribution in [0.25, 0.3) is 0 Å². The lowest BCUT2D eigenvalue weighted by Gasteiger charge is -2.35. The van der Waals surface area contributed by atoms with Crippen LogP contribution in [0.5, 0.6) is 0 Å². The third-order valence-corrected chi connectivity index (χ3v) is 4.64. The molecule has 1 saturated heterocycles. The number of carbonyl (C=O) groups excluding carboxylic acids is 1. The number of nitrogens with one attached hydrogen (secondary N) is 1. The van der Waals surface area contributed by atoms with Crippen molar-refractivity contribution < 1.29 is 4.79 Å². The maximum absolute atomic E-state index is 12.3. The number of aromatic nitrogens is 2. The molecule has 24 heavy (non-hydrogen) atoms. The first-order chi connectivity index (χ1) is 11.7. The Kier molecular flexibility index (Phi) is 5.77. The van der Waals surface area contributed by atoms with E-state index in [1.807, 2.05) is 6.07 Å². The summed E-state index contributed by atoms with van der Waals surface area (Å²) in [6.07, 6.45) is 6.26. The Morgan fingerprint density at radius 3 is 2.92 bits per heavy atom. The van der Waals surface area contributed by atoms with Crippen LogP contribution in [0.4, 0.5) is 0 Å². The van der Waals surface area contributed by atoms with Crippen molar-refractivity contribution in [2.45, 2.75) is 31.8 Å². The van der Waals surface area contributed by atoms with Crippen LogP contribution >= 0.6 is 11.6 Å². The minimum atomic E-state index is -0.243. The number of rotatable bonds is 5. The molecule has 6 heteroatoms. The molecule has 1 N–H and O–H groups in total. The molecule has 1 aliphatic heterocycles. The number of nitrogens with zero attached hydrogens (tertiary/aromatic N) is 3. The number of likely N-dealkylation sites (tertiary alicyclic amines) is 1. The number of hydrogen-bond acceptors (Lipinski definition) is 4. The van der Waals surface area contributed by atoms with Crippen LogP contribution < -0.4 is 5.32 Å². The Bertz CT molecular complexity index is 680. The van der Waals surface area contributed by atoms with Crippen LogP contribution in [0, 0.1) is 0 Å². The first kappa shape index (κ1) is 16.9. The zero-order valence-corrected chi connectivity index (χ0v) is 14.2. The van der Waals surface area contributed by atoms with E-state index in [-0.39, 0.29) is 16.6 Å². The molecule has 2 aromatic rings. The van der Waals surface area contributed by atoms with E-state index in [9.17, 15) is 4.79 Å². The first-order valence-corrected chi connectivity index (χ1v) is 8.63. The van der Waals surface area contributed by atoms with Gasteiger partial charge in [0.1, 0.15) is 12.0 Å². The van der Waals surface area contributed by atoms with Gasteiger partial charge in [0.25, 0.3) is 5.91 Å². The van der Waals surface area contributed by atoms with Crippen LogP contribution in [0.1, 0.15) is 35.3 Å². The number of piperidine rings is 1. The van der Waals surface area contributed by atoms with Crippen molar-refractivity contribution in [3.05, 3.63) is 59.1 Å². The summed E-state index contributed by atoms with van der Waals surface area (Å²) in [5.41, 5.74) is 1.53. The second-order valence-electron chi connectivity index (χ2n) is 6.03. The molecule has 1 aromatic carbocycles. The zero-order chi connectivity index (χ0) is 16.8. The van der Waals surface area contributed by atoms with Crippen molar-refractivity contribution in [2.75, 3.05) is 13.1 Å². The number of hydrogen-bond donors (Lipinski definition) is 1. The summed E-state index contributed by atoms with van der Waals surface area (Å²) < 4.78 is 0. The van der Waals surface area contributed by atoms with Gasteiger partial charge in [-0.2, -0.15) is 0 Å². The molecule has 0 aliphatic carbocycles. The fourth-order valence-electron chi connectivity index (χ4n) is 3.09. The van der Waals surface area contributed by atoms with Gasteiger partial charge in [-0.3, -0.25) is 9.69 Å². The van der Waals surface area contributed by atoms with Crippen LogP contribution in [-0.2, 0) is 6.54 Å². The SMILES string of the molecule is O=C(NCC1CCCCN1Cc1ccccc1)c1ncncc1Cl. The van der Waals surface area contributed by atoms with Gasteiger partial charge in [0.15, 0.2) is 0 Å². The maximum atomic E-state index is 12.3. The predicted molar refractivity (Wildman–Crippen MR) is 93.9 cm³/mol. The third-order valence-electron chi connectivity index (χ3n) is 4.36. The molecule has 1 aliphatic rings. The van der Waals surface area contributed by atoms with Crippen molar-refractivity contribution in [3.63, 3.8) is 0 Å². The van der Waals surface area contributed by atoms with Crippen molar-refractivity contribution in [3.8, 4) is 0 Å². The minimum absolute atomic E-state index is 0.233. The Morgan fingerprint density at radius 1 is 1.29 bits per heavy atom. The van der Waals surface area contributed by atoms with Crippen LogP contribution in [-0.4, -0.2) is 39.9 Å². The molecular formula is C18H21ClN4O. The summed E-state index contributed by atoms with van der Waals surface area (Å²) in [5, 5.41) is 3.25. The monoisotopic (exact) mass is 344 g/mol. The Hall–Kier alpha value is -1.98. The molecule has 1 atom stereocenters. The molecule has 1 aromatic heterocycles. The Balaban J connectivity index is 1.60. The normalized spacial score (nSPS) is 18.3. The van der Waals surface area contributed by atoms with Crippen LogP contribution in [0.2, 0.25) is 5.02 Å². The van der Waals surface area contributed by atoms with E-state index in [1.165, 1.54) is 30.9 Å². The van der Waals surface area contributed by atoms with Gasteiger partial charge < -0.3 is 5.32 Å². The van der Waals surface area contributed by atoms with Gasteiger partial charge in [-0.05, 0) is 24.9 Å². The molecule has 5 nitrogen and oxygen atoms in total. The zero-order valence-electron chi connectivity index (χ0n) is 13.5. The van der Waals surface area contributed by atoms with E-state index in [2.05, 4.69) is 44.5 Å². The fourth-order valence-corrected chi connectivity index (χ4v) is 3.28. The average Bonchev–Trinajstić information content (AvgIpc) is 2.62. The molecule has 1 amide bonds. The summed E-state index contributed by atoms with van der Waals surface area (Å²) in [6.45, 7) is 2.57. The van der Waals surface area contributed by atoms with E-state index in [4.69, 9.17) is 11.6 Å². The lowest BCUT2D eigenvalue weighted by atomic mass is 10.0. The van der Waals surface area contributed by atoms with Crippen LogP contribution in [0.15, 0.2) is 42.9 Å². The summed E-state index contributed by atoms with van der Waals surface area (Å²) in [6, 6.07) is 10.8. The van der Waals surface area contributed by atoms with Gasteiger partial charge in [0.2, 0.25) is 0 Å². The van der Waals surface area contributed by atoms with E-state index >= 15 is 0 Å². The van der Waals surface area contributed by atoms with Crippen molar-refractivity contribution in [2.24, 2.45) is 0 Å². The number of amides is 1. The largest absolute Gasteiger partial charge is 0.349 e. The van der Waals surface area contributed by atoms with Gasteiger partial charge >= 0.3 is 0 Å². The minimum Gasteiger partial charge on any atom is -0.349 e.